The maximum absolute atomic E-state index is 14.0. The summed E-state index contributed by atoms with van der Waals surface area (Å²) in [5.41, 5.74) is 0. The van der Waals surface area contributed by atoms with Gasteiger partial charge in [0.1, 0.15) is 18.1 Å². The lowest BCUT2D eigenvalue weighted by Gasteiger charge is -2.37. The molecule has 0 N–H and O–H groups in total. The molecule has 1 heterocycles. The van der Waals surface area contributed by atoms with Crippen LogP contribution in [-0.2, 0) is 43.0 Å². The zero-order valence-corrected chi connectivity index (χ0v) is 32.1. The number of nitrogens with zero attached hydrogens (tertiary/aromatic N) is 3. The first-order valence-corrected chi connectivity index (χ1v) is 17.4. The normalized spacial score (nSPS) is 26.6. The van der Waals surface area contributed by atoms with E-state index in [9.17, 15) is 28.8 Å². The number of ether oxygens (including phenoxy) is 3. The summed E-state index contributed by atoms with van der Waals surface area (Å²) in [6.07, 6.45) is -3.15. The second-order valence-electron chi connectivity index (χ2n) is 15.6. The Morgan fingerprint density at radius 3 is 0.750 bits per heavy atom. The highest BCUT2D eigenvalue weighted by Crippen LogP contribution is 2.25. The highest BCUT2D eigenvalue weighted by atomic mass is 16.6. The first-order valence-electron chi connectivity index (χ1n) is 17.4. The molecule has 0 radical (unpaired) electrons. The van der Waals surface area contributed by atoms with Crippen molar-refractivity contribution in [3.8, 4) is 0 Å². The van der Waals surface area contributed by atoms with Gasteiger partial charge in [-0.1, -0.05) is 83.1 Å². The van der Waals surface area contributed by atoms with Crippen LogP contribution in [0.2, 0.25) is 0 Å². The number of likely N-dealkylation sites (N-methyl/N-ethyl adjacent to an activating group) is 3. The molecule has 0 aromatic rings. The first kappa shape index (κ1) is 42.8. The van der Waals surface area contributed by atoms with E-state index in [0.29, 0.717) is 0 Å². The number of amides is 3. The lowest BCUT2D eigenvalue weighted by Crippen LogP contribution is -2.56. The predicted molar refractivity (Wildman–Crippen MR) is 182 cm³/mol. The molecule has 12 heteroatoms. The highest BCUT2D eigenvalue weighted by molar-refractivity contribution is 5.94. The van der Waals surface area contributed by atoms with Crippen molar-refractivity contribution in [1.29, 1.82) is 0 Å². The van der Waals surface area contributed by atoms with Gasteiger partial charge in [0.2, 0.25) is 0 Å². The van der Waals surface area contributed by atoms with Crippen LogP contribution in [0.1, 0.15) is 102 Å². The monoisotopic (exact) mass is 681 g/mol. The quantitative estimate of drug-likeness (QED) is 0.257. The van der Waals surface area contributed by atoms with Gasteiger partial charge in [-0.2, -0.15) is 0 Å². The molecule has 0 aromatic heterocycles. The van der Waals surface area contributed by atoms with Crippen LogP contribution < -0.4 is 0 Å². The van der Waals surface area contributed by atoms with Gasteiger partial charge >= 0.3 is 17.9 Å². The zero-order chi connectivity index (χ0) is 37.4. The minimum atomic E-state index is -1.27. The topological polar surface area (TPSA) is 140 Å². The van der Waals surface area contributed by atoms with E-state index in [2.05, 4.69) is 0 Å². The lowest BCUT2D eigenvalue weighted by atomic mass is 9.98. The van der Waals surface area contributed by atoms with Crippen molar-refractivity contribution in [2.75, 3.05) is 21.1 Å². The molecule has 3 amide bonds. The molecule has 6 atom stereocenters. The minimum absolute atomic E-state index is 0.0410. The van der Waals surface area contributed by atoms with Crippen molar-refractivity contribution >= 4 is 35.6 Å². The predicted octanol–water partition coefficient (Wildman–Crippen LogP) is 4.32. The summed E-state index contributed by atoms with van der Waals surface area (Å²) < 4.78 is 17.7. The third-order valence-corrected chi connectivity index (χ3v) is 8.62. The Hall–Kier alpha value is -3.18. The molecule has 48 heavy (non-hydrogen) atoms. The third-order valence-electron chi connectivity index (χ3n) is 8.62. The fourth-order valence-electron chi connectivity index (χ4n) is 5.67. The molecule has 0 bridgehead atoms. The van der Waals surface area contributed by atoms with E-state index >= 15 is 0 Å². The van der Waals surface area contributed by atoms with E-state index < -0.39 is 89.8 Å². The van der Waals surface area contributed by atoms with E-state index in [0.717, 1.165) is 0 Å². The number of esters is 3. The van der Waals surface area contributed by atoms with E-state index in [1.165, 1.54) is 35.8 Å². The molecule has 0 saturated carbocycles. The van der Waals surface area contributed by atoms with E-state index in [1.807, 2.05) is 41.5 Å². The fourth-order valence-corrected chi connectivity index (χ4v) is 5.67. The van der Waals surface area contributed by atoms with Gasteiger partial charge in [0, 0.05) is 21.1 Å². The molecule has 0 aromatic carbocycles. The second kappa shape index (κ2) is 18.5. The van der Waals surface area contributed by atoms with E-state index in [-0.39, 0.29) is 37.0 Å². The Balaban J connectivity index is 3.97. The Morgan fingerprint density at radius 1 is 0.417 bits per heavy atom. The fraction of sp³-hybridized carbons (Fsp3) is 0.833. The zero-order valence-electron chi connectivity index (χ0n) is 32.1. The molecule has 1 fully saturated rings. The maximum Gasteiger partial charge on any atom is 0.329 e. The Bertz CT molecular complexity index is 996. The molecule has 1 aliphatic rings. The van der Waals surface area contributed by atoms with Crippen LogP contribution in [0, 0.1) is 35.5 Å². The largest absolute Gasteiger partial charge is 0.450 e. The van der Waals surface area contributed by atoms with E-state index in [4.69, 9.17) is 14.2 Å². The molecule has 0 spiro atoms. The Labute approximate surface area is 288 Å². The van der Waals surface area contributed by atoms with Crippen LogP contribution in [-0.4, -0.2) is 108 Å². The van der Waals surface area contributed by atoms with Gasteiger partial charge in [-0.3, -0.25) is 14.4 Å². The molecule has 12 nitrogen and oxygen atoms in total. The van der Waals surface area contributed by atoms with Crippen molar-refractivity contribution in [3.05, 3.63) is 0 Å². The van der Waals surface area contributed by atoms with Gasteiger partial charge in [0.15, 0.2) is 18.3 Å². The summed E-state index contributed by atoms with van der Waals surface area (Å²) in [6.45, 7) is 21.7. The van der Waals surface area contributed by atoms with Crippen LogP contribution in [0.5, 0.6) is 0 Å². The van der Waals surface area contributed by atoms with Crippen molar-refractivity contribution in [1.82, 2.24) is 14.7 Å². The minimum Gasteiger partial charge on any atom is -0.450 e. The smallest absolute Gasteiger partial charge is 0.329 e. The number of carbonyl (C=O) groups is 6. The molecule has 0 aliphatic carbocycles. The van der Waals surface area contributed by atoms with Crippen LogP contribution in [0.4, 0.5) is 0 Å². The summed E-state index contributed by atoms with van der Waals surface area (Å²) in [5.74, 6) is -5.70. The van der Waals surface area contributed by atoms with Gasteiger partial charge in [-0.05, 0) is 54.8 Å². The molecule has 276 valence electrons. The van der Waals surface area contributed by atoms with Crippen molar-refractivity contribution in [2.45, 2.75) is 139 Å². The number of cyclic esters (lactones) is 3. The highest BCUT2D eigenvalue weighted by Gasteiger charge is 2.44. The van der Waals surface area contributed by atoms with Gasteiger partial charge in [-0.15, -0.1) is 0 Å². The SMILES string of the molecule is CC(C)C[C@H]1C(=O)OC(C(C)C)C(=O)N(C)[C@@H](CC(C)C)C(=O)OC(C(C)C)C(=O)N(C)[C@@H](CC(C)C)C(=O)OC(C(C)C)C(=O)N1C. The molecule has 1 saturated heterocycles. The average molecular weight is 682 g/mol. The summed E-state index contributed by atoms with van der Waals surface area (Å²) >= 11 is 0. The lowest BCUT2D eigenvalue weighted by molar-refractivity contribution is -0.180. The number of rotatable bonds is 9. The number of carbonyl (C=O) groups excluding carboxylic acids is 6. The van der Waals surface area contributed by atoms with Crippen LogP contribution in [0.25, 0.3) is 0 Å². The number of hydrogen-bond donors (Lipinski definition) is 0. The van der Waals surface area contributed by atoms with Crippen molar-refractivity contribution in [3.63, 3.8) is 0 Å². The number of hydrogen-bond acceptors (Lipinski definition) is 9. The van der Waals surface area contributed by atoms with Crippen molar-refractivity contribution in [2.24, 2.45) is 35.5 Å². The molecular weight excluding hydrogens is 618 g/mol. The summed E-state index contributed by atoms with van der Waals surface area (Å²) in [7, 11) is 4.37. The molecule has 1 aliphatic heterocycles. The first-order chi connectivity index (χ1) is 22.0. The second-order valence-corrected chi connectivity index (χ2v) is 15.6. The van der Waals surface area contributed by atoms with Crippen molar-refractivity contribution < 1.29 is 43.0 Å². The van der Waals surface area contributed by atoms with Crippen LogP contribution in [0.15, 0.2) is 0 Å². The third kappa shape index (κ3) is 11.5. The van der Waals surface area contributed by atoms with E-state index in [1.54, 1.807) is 41.5 Å². The average Bonchev–Trinajstić information content (AvgIpc) is 2.97. The van der Waals surface area contributed by atoms with Gasteiger partial charge in [-0.25, -0.2) is 14.4 Å². The molecule has 1 rings (SSSR count). The summed E-state index contributed by atoms with van der Waals surface area (Å²) in [5, 5.41) is 0. The summed E-state index contributed by atoms with van der Waals surface area (Å²) in [6, 6.07) is -3.26. The maximum atomic E-state index is 14.0. The van der Waals surface area contributed by atoms with Gasteiger partial charge < -0.3 is 28.9 Å². The van der Waals surface area contributed by atoms with Crippen LogP contribution in [0.3, 0.4) is 0 Å². The van der Waals surface area contributed by atoms with Crippen LogP contribution >= 0.6 is 0 Å². The van der Waals surface area contributed by atoms with Gasteiger partial charge in [0.05, 0.1) is 0 Å². The molecule has 3 unspecified atom stereocenters. The molecular formula is C36H63N3O9. The summed E-state index contributed by atoms with van der Waals surface area (Å²) in [4.78, 5) is 87.4. The Kier molecular flexibility index (Phi) is 16.6. The van der Waals surface area contributed by atoms with Gasteiger partial charge in [0.25, 0.3) is 17.7 Å². The standard InChI is InChI=1S/C36H63N3O9/c1-19(2)16-25-34(43)46-29(23(9)10)32(41)38(14)27(18-21(5)6)36(45)48-30(24(11)12)33(42)39(15)26(17-20(3)4)35(44)47-28(22(7)8)31(40)37(25)13/h19-30H,16-18H2,1-15H3/t25-,26-,27-,28?,29?,30?/m0/s1. The Morgan fingerprint density at radius 2 is 0.604 bits per heavy atom.